The van der Waals surface area contributed by atoms with Gasteiger partial charge in [-0.2, -0.15) is 0 Å². The molecule has 1 aromatic rings. The van der Waals surface area contributed by atoms with Gasteiger partial charge in [0.25, 0.3) is 0 Å². The van der Waals surface area contributed by atoms with Crippen molar-refractivity contribution in [2.45, 2.75) is 52.4 Å². The van der Waals surface area contributed by atoms with Crippen LogP contribution in [0.2, 0.25) is 23.2 Å². The van der Waals surface area contributed by atoms with E-state index in [4.69, 9.17) is 21.1 Å². The normalized spacial score (nSPS) is 18.7. The Bertz CT molecular complexity index is 713. The van der Waals surface area contributed by atoms with Crippen LogP contribution < -0.4 is 0 Å². The van der Waals surface area contributed by atoms with Gasteiger partial charge in [0.1, 0.15) is 0 Å². The fourth-order valence-electron chi connectivity index (χ4n) is 2.67. The maximum atomic E-state index is 11.1. The van der Waals surface area contributed by atoms with Crippen molar-refractivity contribution >= 4 is 31.6 Å². The van der Waals surface area contributed by atoms with E-state index >= 15 is 0 Å². The minimum absolute atomic E-state index is 0.104. The Morgan fingerprint density at radius 1 is 1.46 bits per heavy atom. The van der Waals surface area contributed by atoms with Crippen LogP contribution in [0.4, 0.5) is 4.79 Å². The fourth-order valence-corrected chi connectivity index (χ4v) is 3.82. The summed E-state index contributed by atoms with van der Waals surface area (Å²) < 4.78 is 6.21. The highest BCUT2D eigenvalue weighted by Gasteiger charge is 2.37. The van der Waals surface area contributed by atoms with Gasteiger partial charge in [-0.15, -0.1) is 0 Å². The number of hydrogen-bond acceptors (Lipinski definition) is 3. The van der Waals surface area contributed by atoms with Crippen molar-refractivity contribution in [1.82, 2.24) is 9.88 Å². The molecule has 0 bridgehead atoms. The quantitative estimate of drug-likeness (QED) is 0.704. The van der Waals surface area contributed by atoms with E-state index in [9.17, 15) is 4.79 Å². The first kappa shape index (κ1) is 20.9. The average Bonchev–Trinajstić information content (AvgIpc) is 2.52. The molecule has 1 N–H and O–H groups in total. The zero-order chi connectivity index (χ0) is 19.7. The predicted molar refractivity (Wildman–Crippen MR) is 108 cm³/mol. The van der Waals surface area contributed by atoms with Crippen LogP contribution in [0.25, 0.3) is 5.57 Å². The summed E-state index contributed by atoms with van der Waals surface area (Å²) >= 11 is 6.46. The highest BCUT2D eigenvalue weighted by Crippen LogP contribution is 2.37. The van der Waals surface area contributed by atoms with Gasteiger partial charge in [0.2, 0.25) is 0 Å². The first-order valence-corrected chi connectivity index (χ1v) is 12.2. The third kappa shape index (κ3) is 4.67. The summed E-state index contributed by atoms with van der Waals surface area (Å²) in [5.41, 5.74) is 2.79. The number of rotatable bonds is 4. The summed E-state index contributed by atoms with van der Waals surface area (Å²) in [7, 11) is -1.86. The summed E-state index contributed by atoms with van der Waals surface area (Å²) in [6.07, 6.45) is 2.87. The second-order valence-corrected chi connectivity index (χ2v) is 13.7. The van der Waals surface area contributed by atoms with Crippen LogP contribution in [0.15, 0.2) is 18.3 Å². The molecule has 7 heteroatoms. The van der Waals surface area contributed by atoms with E-state index < -0.39 is 14.4 Å². The van der Waals surface area contributed by atoms with E-state index in [1.165, 1.54) is 4.90 Å². The van der Waals surface area contributed by atoms with Gasteiger partial charge in [0.15, 0.2) is 8.32 Å². The second-order valence-electron chi connectivity index (χ2n) is 8.45. The van der Waals surface area contributed by atoms with Gasteiger partial charge in [0.05, 0.1) is 17.3 Å². The van der Waals surface area contributed by atoms with Crippen LogP contribution in [-0.4, -0.2) is 42.5 Å². The largest absolute Gasteiger partial charge is 0.465 e. The number of hydrogen-bond donors (Lipinski definition) is 1. The van der Waals surface area contributed by atoms with E-state index in [0.29, 0.717) is 24.7 Å². The first-order valence-electron chi connectivity index (χ1n) is 8.89. The van der Waals surface area contributed by atoms with Crippen LogP contribution in [0.1, 0.15) is 39.0 Å². The van der Waals surface area contributed by atoms with Crippen molar-refractivity contribution in [2.75, 3.05) is 13.1 Å². The summed E-state index contributed by atoms with van der Waals surface area (Å²) in [6, 6.07) is 1.91. The molecular weight excluding hydrogens is 368 g/mol. The van der Waals surface area contributed by atoms with Crippen molar-refractivity contribution < 1.29 is 14.3 Å². The van der Waals surface area contributed by atoms with Crippen LogP contribution in [0, 0.1) is 5.92 Å². The van der Waals surface area contributed by atoms with Gasteiger partial charge < -0.3 is 14.4 Å². The molecule has 1 aromatic heterocycles. The molecule has 26 heavy (non-hydrogen) atoms. The summed E-state index contributed by atoms with van der Waals surface area (Å²) in [5.74, 6) is 0.104. The molecule has 1 amide bonds. The first-order chi connectivity index (χ1) is 11.9. The SMILES string of the molecule is CC1CN(C(=O)O)CC=C1c1cnc(CO[Si](C)(C)C(C)(C)C)c(Cl)c1. The second kappa shape index (κ2) is 7.70. The number of amides is 1. The summed E-state index contributed by atoms with van der Waals surface area (Å²) in [6.45, 7) is 14.3. The third-order valence-electron chi connectivity index (χ3n) is 5.45. The fraction of sp³-hybridized carbons (Fsp3) is 0.579. The zero-order valence-corrected chi connectivity index (χ0v) is 18.2. The van der Waals surface area contributed by atoms with Crippen molar-refractivity contribution in [2.24, 2.45) is 5.92 Å². The lowest BCUT2D eigenvalue weighted by Crippen LogP contribution is -2.40. The van der Waals surface area contributed by atoms with Crippen LogP contribution >= 0.6 is 11.6 Å². The Kier molecular flexibility index (Phi) is 6.20. The highest BCUT2D eigenvalue weighted by atomic mass is 35.5. The predicted octanol–water partition coefficient (Wildman–Crippen LogP) is 5.27. The Morgan fingerprint density at radius 2 is 2.12 bits per heavy atom. The summed E-state index contributed by atoms with van der Waals surface area (Å²) in [5, 5.41) is 9.86. The van der Waals surface area contributed by atoms with Gasteiger partial charge >= 0.3 is 6.09 Å². The van der Waals surface area contributed by atoms with Gasteiger partial charge in [-0.3, -0.25) is 4.98 Å². The molecule has 2 heterocycles. The molecule has 1 unspecified atom stereocenters. The number of pyridine rings is 1. The standard InChI is InChI=1S/C19H29ClN2O3Si/c1-13-11-22(18(23)24)8-7-15(13)14-9-16(20)17(21-10-14)12-25-26(5,6)19(2,3)4/h7,9-10,13H,8,11-12H2,1-6H3,(H,23,24). The number of aromatic nitrogens is 1. The van der Waals surface area contributed by atoms with Crippen molar-refractivity contribution in [3.05, 3.63) is 34.6 Å². The van der Waals surface area contributed by atoms with Gasteiger partial charge in [0, 0.05) is 19.3 Å². The molecule has 0 spiro atoms. The molecule has 144 valence electrons. The molecule has 0 fully saturated rings. The summed E-state index contributed by atoms with van der Waals surface area (Å²) in [4.78, 5) is 17.0. The molecular formula is C19H29ClN2O3Si. The van der Waals surface area contributed by atoms with Crippen LogP contribution in [0.5, 0.6) is 0 Å². The average molecular weight is 397 g/mol. The van der Waals surface area contributed by atoms with Gasteiger partial charge in [-0.05, 0) is 41.3 Å². The van der Waals surface area contributed by atoms with E-state index in [2.05, 4.69) is 38.8 Å². The van der Waals surface area contributed by atoms with Crippen LogP contribution in [0.3, 0.4) is 0 Å². The van der Waals surface area contributed by atoms with Crippen LogP contribution in [-0.2, 0) is 11.0 Å². The smallest absolute Gasteiger partial charge is 0.407 e. The Balaban J connectivity index is 2.14. The molecule has 5 nitrogen and oxygen atoms in total. The molecule has 0 aliphatic carbocycles. The third-order valence-corrected chi connectivity index (χ3v) is 10.3. The molecule has 1 aliphatic heterocycles. The Labute approximate surface area is 162 Å². The van der Waals surface area contributed by atoms with Gasteiger partial charge in [-0.25, -0.2) is 4.79 Å². The molecule has 0 saturated carbocycles. The number of nitrogens with zero attached hydrogens (tertiary/aromatic N) is 2. The van der Waals surface area contributed by atoms with E-state index in [1.807, 2.05) is 25.3 Å². The monoisotopic (exact) mass is 396 g/mol. The molecule has 1 atom stereocenters. The Hall–Kier alpha value is -1.37. The molecule has 0 aromatic carbocycles. The zero-order valence-electron chi connectivity index (χ0n) is 16.5. The number of carbonyl (C=O) groups is 1. The minimum Gasteiger partial charge on any atom is -0.465 e. The number of carboxylic acid groups (broad SMARTS) is 1. The van der Waals surface area contributed by atoms with E-state index in [1.54, 1.807) is 0 Å². The highest BCUT2D eigenvalue weighted by molar-refractivity contribution is 6.74. The van der Waals surface area contributed by atoms with E-state index in [-0.39, 0.29) is 11.0 Å². The lowest BCUT2D eigenvalue weighted by atomic mass is 9.91. The number of halogens is 1. The van der Waals surface area contributed by atoms with Crippen molar-refractivity contribution in [3.63, 3.8) is 0 Å². The molecule has 2 rings (SSSR count). The lowest BCUT2D eigenvalue weighted by molar-refractivity contribution is 0.145. The molecule has 0 radical (unpaired) electrons. The minimum atomic E-state index is -1.86. The Morgan fingerprint density at radius 3 is 2.62 bits per heavy atom. The molecule has 1 aliphatic rings. The topological polar surface area (TPSA) is 62.7 Å². The van der Waals surface area contributed by atoms with E-state index in [0.717, 1.165) is 16.8 Å². The maximum Gasteiger partial charge on any atom is 0.407 e. The maximum absolute atomic E-state index is 11.1. The van der Waals surface area contributed by atoms with Crippen molar-refractivity contribution in [3.8, 4) is 0 Å². The van der Waals surface area contributed by atoms with Crippen molar-refractivity contribution in [1.29, 1.82) is 0 Å². The molecule has 0 saturated heterocycles. The van der Waals surface area contributed by atoms with Gasteiger partial charge in [-0.1, -0.05) is 45.4 Å². The lowest BCUT2D eigenvalue weighted by Gasteiger charge is -2.36.